The molecule has 0 aliphatic carbocycles. The second-order valence-electron chi connectivity index (χ2n) is 4.94. The average molecular weight is 271 g/mol. The van der Waals surface area contributed by atoms with Gasteiger partial charge in [0.05, 0.1) is 14.2 Å². The lowest BCUT2D eigenvalue weighted by molar-refractivity contribution is 0.392. The Hall–Kier alpha value is -2.00. The number of hydrogen-bond acceptors (Lipinski definition) is 3. The van der Waals surface area contributed by atoms with E-state index in [0.717, 1.165) is 23.5 Å². The molecule has 2 aromatic carbocycles. The molecule has 0 saturated heterocycles. The highest BCUT2D eigenvalue weighted by Gasteiger charge is 2.10. The Bertz CT molecular complexity index is 541. The molecule has 1 unspecified atom stereocenters. The first-order chi connectivity index (χ1) is 9.62. The van der Waals surface area contributed by atoms with Crippen LogP contribution in [-0.4, -0.2) is 14.2 Å². The Kier molecular flexibility index (Phi) is 4.64. The highest BCUT2D eigenvalue weighted by Crippen LogP contribution is 2.27. The van der Waals surface area contributed by atoms with Crippen molar-refractivity contribution in [3.05, 3.63) is 59.2 Å². The Labute approximate surface area is 120 Å². The minimum atomic E-state index is -0.0818. The summed E-state index contributed by atoms with van der Waals surface area (Å²) in [7, 11) is 3.29. The average Bonchev–Trinajstić information content (AvgIpc) is 2.48. The molecule has 0 amide bonds. The van der Waals surface area contributed by atoms with Gasteiger partial charge < -0.3 is 15.2 Å². The van der Waals surface area contributed by atoms with Crippen LogP contribution in [0.15, 0.2) is 42.5 Å². The molecule has 0 saturated carbocycles. The summed E-state index contributed by atoms with van der Waals surface area (Å²) >= 11 is 0. The lowest BCUT2D eigenvalue weighted by Crippen LogP contribution is -2.13. The Morgan fingerprint density at radius 1 is 0.950 bits per heavy atom. The number of rotatable bonds is 5. The molecule has 0 fully saturated rings. The van der Waals surface area contributed by atoms with Gasteiger partial charge in [0.15, 0.2) is 0 Å². The zero-order valence-electron chi connectivity index (χ0n) is 12.2. The topological polar surface area (TPSA) is 44.5 Å². The van der Waals surface area contributed by atoms with Gasteiger partial charge in [0.25, 0.3) is 0 Å². The van der Waals surface area contributed by atoms with Crippen LogP contribution in [-0.2, 0) is 6.42 Å². The van der Waals surface area contributed by atoms with Crippen LogP contribution >= 0.6 is 0 Å². The normalized spacial score (nSPS) is 12.0. The molecule has 0 spiro atoms. The van der Waals surface area contributed by atoms with Crippen LogP contribution in [0.1, 0.15) is 22.7 Å². The van der Waals surface area contributed by atoms with Gasteiger partial charge in [0, 0.05) is 12.1 Å². The van der Waals surface area contributed by atoms with Gasteiger partial charge in [-0.3, -0.25) is 0 Å². The Balaban J connectivity index is 2.19. The van der Waals surface area contributed by atoms with Gasteiger partial charge >= 0.3 is 0 Å². The minimum Gasteiger partial charge on any atom is -0.497 e. The van der Waals surface area contributed by atoms with E-state index in [0.29, 0.717) is 0 Å². The van der Waals surface area contributed by atoms with E-state index in [9.17, 15) is 0 Å². The maximum Gasteiger partial charge on any atom is 0.122 e. The minimum absolute atomic E-state index is 0.0818. The molecule has 3 heteroatoms. The number of ether oxygens (including phenoxy) is 2. The van der Waals surface area contributed by atoms with Crippen LogP contribution in [0, 0.1) is 6.92 Å². The lowest BCUT2D eigenvalue weighted by Gasteiger charge is -2.15. The van der Waals surface area contributed by atoms with Crippen LogP contribution in [0.3, 0.4) is 0 Å². The quantitative estimate of drug-likeness (QED) is 0.908. The number of hydrogen-bond donors (Lipinski definition) is 1. The summed E-state index contributed by atoms with van der Waals surface area (Å²) in [6.45, 7) is 2.08. The third-order valence-electron chi connectivity index (χ3n) is 3.38. The molecule has 0 aromatic heterocycles. The molecule has 2 N–H and O–H groups in total. The zero-order valence-corrected chi connectivity index (χ0v) is 12.2. The second kappa shape index (κ2) is 6.44. The summed E-state index contributed by atoms with van der Waals surface area (Å²) in [5.41, 5.74) is 9.80. The molecule has 0 heterocycles. The molecular formula is C17H21NO2. The third-order valence-corrected chi connectivity index (χ3v) is 3.38. The summed E-state index contributed by atoms with van der Waals surface area (Å²) in [6.07, 6.45) is 0.788. The maximum absolute atomic E-state index is 6.30. The summed E-state index contributed by atoms with van der Waals surface area (Å²) in [5, 5.41) is 0. The van der Waals surface area contributed by atoms with Crippen molar-refractivity contribution >= 4 is 0 Å². The van der Waals surface area contributed by atoms with Crippen molar-refractivity contribution in [1.82, 2.24) is 0 Å². The van der Waals surface area contributed by atoms with E-state index in [1.54, 1.807) is 14.2 Å². The first-order valence-corrected chi connectivity index (χ1v) is 6.66. The standard InChI is InChI=1S/C17H21NO2/c1-12-4-6-13(7-5-12)8-17(18)14-9-15(19-2)11-16(10-14)20-3/h4-7,9-11,17H,8,18H2,1-3H3. The van der Waals surface area contributed by atoms with Crippen molar-refractivity contribution in [1.29, 1.82) is 0 Å². The smallest absolute Gasteiger partial charge is 0.122 e. The Morgan fingerprint density at radius 3 is 2.00 bits per heavy atom. The zero-order chi connectivity index (χ0) is 14.5. The summed E-state index contributed by atoms with van der Waals surface area (Å²) < 4.78 is 10.6. The number of aryl methyl sites for hydroxylation is 1. The first-order valence-electron chi connectivity index (χ1n) is 6.66. The van der Waals surface area contributed by atoms with Gasteiger partial charge in [0.2, 0.25) is 0 Å². The van der Waals surface area contributed by atoms with E-state index in [1.165, 1.54) is 11.1 Å². The molecule has 0 radical (unpaired) electrons. The molecule has 106 valence electrons. The van der Waals surface area contributed by atoms with Crippen LogP contribution in [0.4, 0.5) is 0 Å². The number of nitrogens with two attached hydrogens (primary N) is 1. The summed E-state index contributed by atoms with van der Waals surface area (Å²) in [6, 6.07) is 14.1. The van der Waals surface area contributed by atoms with Crippen molar-refractivity contribution in [2.45, 2.75) is 19.4 Å². The number of benzene rings is 2. The van der Waals surface area contributed by atoms with Crippen molar-refractivity contribution < 1.29 is 9.47 Å². The monoisotopic (exact) mass is 271 g/mol. The van der Waals surface area contributed by atoms with E-state index in [-0.39, 0.29) is 6.04 Å². The third kappa shape index (κ3) is 3.52. The Morgan fingerprint density at radius 2 is 1.50 bits per heavy atom. The fraction of sp³-hybridized carbons (Fsp3) is 0.294. The molecule has 0 aliphatic heterocycles. The summed E-state index contributed by atoms with van der Waals surface area (Å²) in [4.78, 5) is 0. The van der Waals surface area contributed by atoms with Crippen LogP contribution in [0.25, 0.3) is 0 Å². The second-order valence-corrected chi connectivity index (χ2v) is 4.94. The van der Waals surface area contributed by atoms with Gasteiger partial charge in [0.1, 0.15) is 11.5 Å². The summed E-state index contributed by atoms with van der Waals surface area (Å²) in [5.74, 6) is 1.53. The van der Waals surface area contributed by atoms with Crippen molar-refractivity contribution in [3.8, 4) is 11.5 Å². The van der Waals surface area contributed by atoms with Gasteiger partial charge in [-0.15, -0.1) is 0 Å². The fourth-order valence-electron chi connectivity index (χ4n) is 2.14. The van der Waals surface area contributed by atoms with Crippen molar-refractivity contribution in [2.75, 3.05) is 14.2 Å². The largest absolute Gasteiger partial charge is 0.497 e. The molecule has 3 nitrogen and oxygen atoms in total. The lowest BCUT2D eigenvalue weighted by atomic mass is 9.98. The molecule has 0 bridgehead atoms. The molecule has 1 atom stereocenters. The predicted molar refractivity (Wildman–Crippen MR) is 81.4 cm³/mol. The molecule has 20 heavy (non-hydrogen) atoms. The van der Waals surface area contributed by atoms with Crippen LogP contribution in [0.2, 0.25) is 0 Å². The van der Waals surface area contributed by atoms with E-state index in [2.05, 4.69) is 31.2 Å². The SMILES string of the molecule is COc1cc(OC)cc(C(N)Cc2ccc(C)cc2)c1. The molecule has 0 aliphatic rings. The molecular weight excluding hydrogens is 250 g/mol. The van der Waals surface area contributed by atoms with Gasteiger partial charge in [-0.05, 0) is 36.6 Å². The first kappa shape index (κ1) is 14.4. The van der Waals surface area contributed by atoms with E-state index >= 15 is 0 Å². The van der Waals surface area contributed by atoms with Crippen molar-refractivity contribution in [3.63, 3.8) is 0 Å². The number of methoxy groups -OCH3 is 2. The predicted octanol–water partition coefficient (Wildman–Crippen LogP) is 3.25. The van der Waals surface area contributed by atoms with E-state index in [1.807, 2.05) is 18.2 Å². The fourth-order valence-corrected chi connectivity index (χ4v) is 2.14. The van der Waals surface area contributed by atoms with Gasteiger partial charge in [-0.25, -0.2) is 0 Å². The van der Waals surface area contributed by atoms with Gasteiger partial charge in [-0.1, -0.05) is 29.8 Å². The highest BCUT2D eigenvalue weighted by molar-refractivity contribution is 5.40. The van der Waals surface area contributed by atoms with Crippen molar-refractivity contribution in [2.24, 2.45) is 5.73 Å². The van der Waals surface area contributed by atoms with Crippen LogP contribution in [0.5, 0.6) is 11.5 Å². The van der Waals surface area contributed by atoms with Gasteiger partial charge in [-0.2, -0.15) is 0 Å². The highest BCUT2D eigenvalue weighted by atomic mass is 16.5. The molecule has 2 rings (SSSR count). The maximum atomic E-state index is 6.30. The molecule has 2 aromatic rings. The van der Waals surface area contributed by atoms with E-state index in [4.69, 9.17) is 15.2 Å². The van der Waals surface area contributed by atoms with Crippen LogP contribution < -0.4 is 15.2 Å². The van der Waals surface area contributed by atoms with E-state index < -0.39 is 0 Å².